The molecule has 0 radical (unpaired) electrons. The van der Waals surface area contributed by atoms with Crippen molar-refractivity contribution < 1.29 is 19.7 Å². The van der Waals surface area contributed by atoms with Gasteiger partial charge in [0.25, 0.3) is 0 Å². The lowest BCUT2D eigenvalue weighted by molar-refractivity contribution is -0.130. The zero-order chi connectivity index (χ0) is 17.1. The third-order valence-electron chi connectivity index (χ3n) is 6.29. The summed E-state index contributed by atoms with van der Waals surface area (Å²) in [6, 6.07) is 5.97. The van der Waals surface area contributed by atoms with E-state index < -0.39 is 0 Å². The van der Waals surface area contributed by atoms with Crippen LogP contribution in [0.15, 0.2) is 24.4 Å². The van der Waals surface area contributed by atoms with E-state index in [2.05, 4.69) is 9.88 Å². The maximum atomic E-state index is 12.7. The van der Waals surface area contributed by atoms with Gasteiger partial charge in [0.1, 0.15) is 11.9 Å². The number of hydrogen-bond donors (Lipinski definition) is 3. The molecule has 6 heteroatoms. The summed E-state index contributed by atoms with van der Waals surface area (Å²) < 4.78 is 5.82. The molecule has 1 aromatic heterocycles. The molecule has 0 saturated carbocycles. The van der Waals surface area contributed by atoms with Gasteiger partial charge in [-0.05, 0) is 24.8 Å². The minimum atomic E-state index is -0.331. The first-order chi connectivity index (χ1) is 12.1. The molecular formula is C19H22N2O4. The maximum Gasteiger partial charge on any atom is 0.340 e. The van der Waals surface area contributed by atoms with Crippen molar-refractivity contribution >= 4 is 16.9 Å². The standard InChI is InChI=1S/C19H22N2O4/c22-16-3-1-2-14-15(8-20-18(14)16)19(24)25-13-6-11-4-10-5-12(7-13)21(11)9-17(10)23/h1-3,8,10-13,17,20,22-23H,4-7,9H2/t10?,11-,12+,13?,17-/m1/s1. The molecule has 6 nitrogen and oxygen atoms in total. The first kappa shape index (κ1) is 15.2. The third kappa shape index (κ3) is 2.35. The number of esters is 1. The number of hydrogen-bond acceptors (Lipinski definition) is 5. The smallest absolute Gasteiger partial charge is 0.340 e. The number of para-hydroxylation sites is 1. The van der Waals surface area contributed by atoms with Gasteiger partial charge in [0.15, 0.2) is 0 Å². The molecular weight excluding hydrogens is 320 g/mol. The Balaban J connectivity index is 1.33. The zero-order valence-electron chi connectivity index (χ0n) is 13.9. The Hall–Kier alpha value is -2.05. The second-order valence-electron chi connectivity index (χ2n) is 7.70. The fourth-order valence-electron chi connectivity index (χ4n) is 5.13. The van der Waals surface area contributed by atoms with E-state index in [9.17, 15) is 15.0 Å². The molecule has 4 saturated heterocycles. The summed E-state index contributed by atoms with van der Waals surface area (Å²) in [4.78, 5) is 18.0. The summed E-state index contributed by atoms with van der Waals surface area (Å²) in [5, 5.41) is 20.6. The number of H-pyrrole nitrogens is 1. The highest BCUT2D eigenvalue weighted by Crippen LogP contribution is 2.43. The molecule has 1 aromatic carbocycles. The highest BCUT2D eigenvalue weighted by atomic mass is 16.5. The van der Waals surface area contributed by atoms with Gasteiger partial charge in [-0.1, -0.05) is 12.1 Å². The molecule has 0 spiro atoms. The van der Waals surface area contributed by atoms with E-state index in [1.54, 1.807) is 18.3 Å². The number of aliphatic hydroxyl groups excluding tert-OH is 1. The molecule has 3 N–H and O–H groups in total. The molecule has 4 aliphatic heterocycles. The first-order valence-corrected chi connectivity index (χ1v) is 9.04. The minimum absolute atomic E-state index is 0.0720. The molecule has 4 aliphatic rings. The van der Waals surface area contributed by atoms with Crippen LogP contribution in [0.3, 0.4) is 0 Å². The van der Waals surface area contributed by atoms with E-state index in [-0.39, 0.29) is 23.9 Å². The Morgan fingerprint density at radius 2 is 1.96 bits per heavy atom. The van der Waals surface area contributed by atoms with E-state index >= 15 is 0 Å². The maximum absolute atomic E-state index is 12.7. The van der Waals surface area contributed by atoms with E-state index in [1.807, 2.05) is 6.07 Å². The van der Waals surface area contributed by atoms with Crippen molar-refractivity contribution in [3.63, 3.8) is 0 Å². The van der Waals surface area contributed by atoms with Crippen molar-refractivity contribution in [3.05, 3.63) is 30.0 Å². The predicted molar refractivity (Wildman–Crippen MR) is 91.4 cm³/mol. The summed E-state index contributed by atoms with van der Waals surface area (Å²) in [5.41, 5.74) is 1.03. The number of aromatic amines is 1. The van der Waals surface area contributed by atoms with Crippen molar-refractivity contribution in [2.24, 2.45) is 5.92 Å². The van der Waals surface area contributed by atoms with Crippen LogP contribution in [0.5, 0.6) is 5.75 Å². The van der Waals surface area contributed by atoms with Gasteiger partial charge in [0.05, 0.1) is 17.2 Å². The highest BCUT2D eigenvalue weighted by molar-refractivity contribution is 6.05. The number of carbonyl (C=O) groups excluding carboxylic acids is 1. The number of phenols is 1. The number of phenolic OH excluding ortho intramolecular Hbond substituents is 1. The Morgan fingerprint density at radius 1 is 1.20 bits per heavy atom. The Labute approximate surface area is 145 Å². The number of rotatable bonds is 2. The fraction of sp³-hybridized carbons (Fsp3) is 0.526. The molecule has 25 heavy (non-hydrogen) atoms. The number of aromatic nitrogens is 1. The van der Waals surface area contributed by atoms with Gasteiger partial charge in [-0.25, -0.2) is 4.79 Å². The van der Waals surface area contributed by atoms with Crippen molar-refractivity contribution in [3.8, 4) is 5.75 Å². The fourth-order valence-corrected chi connectivity index (χ4v) is 5.13. The number of nitrogens with one attached hydrogen (secondary N) is 1. The lowest BCUT2D eigenvalue weighted by atomic mass is 9.71. The number of benzene rings is 1. The van der Waals surface area contributed by atoms with Gasteiger partial charge >= 0.3 is 5.97 Å². The van der Waals surface area contributed by atoms with Crippen LogP contribution in [0.2, 0.25) is 0 Å². The molecule has 3 unspecified atom stereocenters. The Morgan fingerprint density at radius 3 is 2.68 bits per heavy atom. The summed E-state index contributed by atoms with van der Waals surface area (Å²) >= 11 is 0. The Kier molecular flexibility index (Phi) is 3.33. The molecule has 2 aromatic rings. The second kappa shape index (κ2) is 5.47. The van der Waals surface area contributed by atoms with Crippen molar-refractivity contribution in [1.29, 1.82) is 0 Å². The van der Waals surface area contributed by atoms with Gasteiger partial charge in [-0.2, -0.15) is 0 Å². The van der Waals surface area contributed by atoms with Gasteiger partial charge in [0.2, 0.25) is 0 Å². The minimum Gasteiger partial charge on any atom is -0.506 e. The average Bonchev–Trinajstić information content (AvgIpc) is 3.00. The van der Waals surface area contributed by atoms with Crippen LogP contribution < -0.4 is 0 Å². The number of fused-ring (bicyclic) bond motifs is 2. The van der Waals surface area contributed by atoms with Gasteiger partial charge in [-0.3, -0.25) is 4.90 Å². The van der Waals surface area contributed by atoms with Crippen molar-refractivity contribution in [2.45, 2.75) is 50.0 Å². The van der Waals surface area contributed by atoms with Crippen molar-refractivity contribution in [1.82, 2.24) is 9.88 Å². The van der Waals surface area contributed by atoms with Crippen LogP contribution in [-0.2, 0) is 4.74 Å². The van der Waals surface area contributed by atoms with Crippen molar-refractivity contribution in [2.75, 3.05) is 6.54 Å². The zero-order valence-corrected chi connectivity index (χ0v) is 13.9. The van der Waals surface area contributed by atoms with Crippen LogP contribution in [0.25, 0.3) is 10.9 Å². The lowest BCUT2D eigenvalue weighted by Gasteiger charge is -2.56. The number of ether oxygens (including phenoxy) is 1. The van der Waals surface area contributed by atoms with E-state index in [1.165, 1.54) is 0 Å². The largest absolute Gasteiger partial charge is 0.506 e. The van der Waals surface area contributed by atoms with Crippen LogP contribution in [0, 0.1) is 5.92 Å². The topological polar surface area (TPSA) is 85.8 Å². The van der Waals surface area contributed by atoms with Crippen LogP contribution in [0.1, 0.15) is 36.0 Å². The molecule has 0 aliphatic carbocycles. The Bertz CT molecular complexity index is 816. The molecule has 132 valence electrons. The quantitative estimate of drug-likeness (QED) is 0.727. The normalized spacial score (nSPS) is 36.5. The monoisotopic (exact) mass is 342 g/mol. The van der Waals surface area contributed by atoms with Crippen LogP contribution >= 0.6 is 0 Å². The summed E-state index contributed by atoms with van der Waals surface area (Å²) in [7, 11) is 0. The summed E-state index contributed by atoms with van der Waals surface area (Å²) in [6.07, 6.45) is 5.05. The first-order valence-electron chi connectivity index (χ1n) is 9.04. The van der Waals surface area contributed by atoms with Crippen LogP contribution in [-0.4, -0.2) is 56.9 Å². The molecule has 4 bridgehead atoms. The number of carbonyl (C=O) groups is 1. The summed E-state index contributed by atoms with van der Waals surface area (Å²) in [5.74, 6) is 0.210. The van der Waals surface area contributed by atoms with E-state index in [0.717, 1.165) is 32.2 Å². The number of nitrogens with zero attached hydrogens (tertiary/aromatic N) is 1. The van der Waals surface area contributed by atoms with Crippen LogP contribution in [0.4, 0.5) is 0 Å². The number of piperidine rings is 4. The van der Waals surface area contributed by atoms with E-state index in [4.69, 9.17) is 4.74 Å². The van der Waals surface area contributed by atoms with E-state index in [0.29, 0.717) is 34.5 Å². The molecule has 6 rings (SSSR count). The number of aromatic hydroxyl groups is 1. The van der Waals surface area contributed by atoms with Gasteiger partial charge in [-0.15, -0.1) is 0 Å². The molecule has 5 heterocycles. The second-order valence-corrected chi connectivity index (χ2v) is 7.70. The lowest BCUT2D eigenvalue weighted by Crippen LogP contribution is -2.64. The summed E-state index contributed by atoms with van der Waals surface area (Å²) in [6.45, 7) is 0.766. The SMILES string of the molecule is O=C(OC1C[C@@H]2CC3C[C@H](C1)N2C[C@H]3O)c1c[nH]c2c(O)cccc12. The van der Waals surface area contributed by atoms with Gasteiger partial charge in [0, 0.05) is 43.1 Å². The predicted octanol–water partition coefficient (Wildman–Crippen LogP) is 2.02. The average molecular weight is 342 g/mol. The molecule has 6 atom stereocenters. The highest BCUT2D eigenvalue weighted by Gasteiger charge is 2.49. The molecule has 0 amide bonds. The number of aliphatic hydroxyl groups is 1. The molecule has 4 fully saturated rings. The third-order valence-corrected chi connectivity index (χ3v) is 6.29. The van der Waals surface area contributed by atoms with Gasteiger partial charge < -0.3 is 19.9 Å².